The molecule has 0 unspecified atom stereocenters. The molecular formula is C21H32IN5OS. The van der Waals surface area contributed by atoms with Crippen molar-refractivity contribution in [3.8, 4) is 5.75 Å². The third-order valence-electron chi connectivity index (χ3n) is 4.83. The third-order valence-corrected chi connectivity index (χ3v) is 5.86. The van der Waals surface area contributed by atoms with Crippen molar-refractivity contribution in [1.29, 1.82) is 0 Å². The summed E-state index contributed by atoms with van der Waals surface area (Å²) < 4.78 is 5.25. The summed E-state index contributed by atoms with van der Waals surface area (Å²) in [4.78, 5) is 14.2. The molecule has 0 radical (unpaired) electrons. The van der Waals surface area contributed by atoms with Crippen molar-refractivity contribution in [3.05, 3.63) is 40.3 Å². The topological polar surface area (TPSA) is 53.0 Å². The highest BCUT2D eigenvalue weighted by Crippen LogP contribution is 2.20. The van der Waals surface area contributed by atoms with Crippen molar-refractivity contribution in [2.24, 2.45) is 4.99 Å². The molecule has 0 amide bonds. The second-order valence-corrected chi connectivity index (χ2v) is 7.84. The van der Waals surface area contributed by atoms with Crippen LogP contribution in [-0.2, 0) is 6.42 Å². The number of methoxy groups -OCH3 is 1. The number of anilines is 1. The number of aromatic nitrogens is 1. The molecule has 1 aliphatic heterocycles. The van der Waals surface area contributed by atoms with Crippen LogP contribution < -0.4 is 15.0 Å². The van der Waals surface area contributed by atoms with Crippen LogP contribution in [0.2, 0.25) is 0 Å². The lowest BCUT2D eigenvalue weighted by atomic mass is 10.2. The summed E-state index contributed by atoms with van der Waals surface area (Å²) in [5.74, 6) is 1.93. The van der Waals surface area contributed by atoms with Crippen molar-refractivity contribution < 1.29 is 4.74 Å². The maximum Gasteiger partial charge on any atom is 0.194 e. The van der Waals surface area contributed by atoms with Crippen LogP contribution in [0.1, 0.15) is 24.0 Å². The molecule has 1 aliphatic rings. The van der Waals surface area contributed by atoms with Crippen molar-refractivity contribution in [1.82, 2.24) is 15.2 Å². The summed E-state index contributed by atoms with van der Waals surface area (Å²) in [6.45, 7) is 9.84. The molecule has 2 heterocycles. The Morgan fingerprint density at radius 2 is 1.93 bits per heavy atom. The van der Waals surface area contributed by atoms with Crippen LogP contribution in [-0.4, -0.2) is 62.2 Å². The van der Waals surface area contributed by atoms with E-state index in [1.54, 1.807) is 18.4 Å². The molecule has 1 aromatic heterocycles. The van der Waals surface area contributed by atoms with Gasteiger partial charge in [-0.05, 0) is 44.5 Å². The molecule has 29 heavy (non-hydrogen) atoms. The number of halogens is 1. The zero-order valence-electron chi connectivity index (χ0n) is 17.6. The van der Waals surface area contributed by atoms with Gasteiger partial charge in [0.2, 0.25) is 0 Å². The average Bonchev–Trinajstić information content (AvgIpc) is 3.15. The zero-order chi connectivity index (χ0) is 19.8. The highest BCUT2D eigenvalue weighted by molar-refractivity contribution is 14.0. The minimum Gasteiger partial charge on any atom is -0.497 e. The fourth-order valence-electron chi connectivity index (χ4n) is 3.33. The number of ether oxygens (including phenoxy) is 1. The molecule has 6 nitrogen and oxygen atoms in total. The summed E-state index contributed by atoms with van der Waals surface area (Å²) in [6.07, 6.45) is 2.04. The van der Waals surface area contributed by atoms with Gasteiger partial charge in [0.25, 0.3) is 0 Å². The quantitative estimate of drug-likeness (QED) is 0.256. The first-order valence-corrected chi connectivity index (χ1v) is 10.9. The monoisotopic (exact) mass is 529 g/mol. The zero-order valence-corrected chi connectivity index (χ0v) is 20.7. The molecule has 0 aliphatic carbocycles. The number of nitrogens with zero attached hydrogens (tertiary/aromatic N) is 4. The van der Waals surface area contributed by atoms with E-state index in [9.17, 15) is 0 Å². The number of hydrogen-bond acceptors (Lipinski definition) is 5. The van der Waals surface area contributed by atoms with Crippen molar-refractivity contribution in [3.63, 3.8) is 0 Å². The van der Waals surface area contributed by atoms with Crippen molar-refractivity contribution in [2.45, 2.75) is 26.7 Å². The van der Waals surface area contributed by atoms with Gasteiger partial charge in [0.05, 0.1) is 12.1 Å². The third kappa shape index (κ3) is 7.02. The van der Waals surface area contributed by atoms with Crippen LogP contribution in [0.15, 0.2) is 34.6 Å². The van der Waals surface area contributed by atoms with E-state index in [1.807, 2.05) is 19.1 Å². The number of aliphatic imine (C=N–C) groups is 1. The smallest absolute Gasteiger partial charge is 0.194 e. The molecule has 0 bridgehead atoms. The maximum atomic E-state index is 5.25. The molecule has 8 heteroatoms. The largest absolute Gasteiger partial charge is 0.497 e. The SMILES string of the molecule is CCNC(=NCCCc1nc(C)cs1)N1CCN(c2ccc(OC)cc2)CC1.I. The molecule has 1 N–H and O–H groups in total. The molecule has 0 saturated carbocycles. The molecule has 0 atom stereocenters. The Balaban J connectivity index is 0.00000300. The van der Waals surface area contributed by atoms with Crippen LogP contribution in [0.25, 0.3) is 0 Å². The Morgan fingerprint density at radius 1 is 1.21 bits per heavy atom. The maximum absolute atomic E-state index is 5.25. The summed E-state index contributed by atoms with van der Waals surface area (Å²) >= 11 is 1.75. The van der Waals surface area contributed by atoms with Gasteiger partial charge in [-0.2, -0.15) is 0 Å². The summed E-state index contributed by atoms with van der Waals surface area (Å²) in [6, 6.07) is 8.32. The first-order chi connectivity index (χ1) is 13.7. The fourth-order valence-corrected chi connectivity index (χ4v) is 4.15. The van der Waals surface area contributed by atoms with Gasteiger partial charge in [-0.1, -0.05) is 0 Å². The summed E-state index contributed by atoms with van der Waals surface area (Å²) in [5, 5.41) is 6.78. The van der Waals surface area contributed by atoms with Gasteiger partial charge in [0.1, 0.15) is 5.75 Å². The van der Waals surface area contributed by atoms with Gasteiger partial charge in [-0.25, -0.2) is 4.98 Å². The van der Waals surface area contributed by atoms with E-state index < -0.39 is 0 Å². The molecule has 2 aromatic rings. The number of rotatable bonds is 7. The second kappa shape index (κ2) is 12.2. The Labute approximate surface area is 195 Å². The van der Waals surface area contributed by atoms with E-state index in [4.69, 9.17) is 9.73 Å². The van der Waals surface area contributed by atoms with E-state index in [0.29, 0.717) is 0 Å². The number of nitrogens with one attached hydrogen (secondary N) is 1. The molecule has 160 valence electrons. The second-order valence-electron chi connectivity index (χ2n) is 6.89. The average molecular weight is 529 g/mol. The highest BCUT2D eigenvalue weighted by Gasteiger charge is 2.19. The van der Waals surface area contributed by atoms with E-state index in [-0.39, 0.29) is 24.0 Å². The van der Waals surface area contributed by atoms with Crippen LogP contribution in [0, 0.1) is 6.92 Å². The van der Waals surface area contributed by atoms with Gasteiger partial charge in [0, 0.05) is 62.5 Å². The first kappa shape index (κ1) is 23.7. The first-order valence-electron chi connectivity index (χ1n) is 10.0. The minimum absolute atomic E-state index is 0. The number of piperazine rings is 1. The molecular weight excluding hydrogens is 497 g/mol. The van der Waals surface area contributed by atoms with Gasteiger partial charge < -0.3 is 19.9 Å². The van der Waals surface area contributed by atoms with Crippen LogP contribution in [0.5, 0.6) is 5.75 Å². The van der Waals surface area contributed by atoms with E-state index >= 15 is 0 Å². The predicted octanol–water partition coefficient (Wildman–Crippen LogP) is 3.80. The summed E-state index contributed by atoms with van der Waals surface area (Å²) in [5.41, 5.74) is 2.37. The number of aryl methyl sites for hydroxylation is 2. The molecule has 1 aromatic carbocycles. The normalized spacial score (nSPS) is 14.5. The summed E-state index contributed by atoms with van der Waals surface area (Å²) in [7, 11) is 1.70. The van der Waals surface area contributed by atoms with Gasteiger partial charge in [-0.15, -0.1) is 35.3 Å². The number of hydrogen-bond donors (Lipinski definition) is 1. The van der Waals surface area contributed by atoms with Crippen molar-refractivity contribution in [2.75, 3.05) is 51.3 Å². The minimum atomic E-state index is 0. The van der Waals surface area contributed by atoms with E-state index in [2.05, 4.69) is 44.5 Å². The number of thiazole rings is 1. The van der Waals surface area contributed by atoms with Crippen LogP contribution in [0.3, 0.4) is 0 Å². The van der Waals surface area contributed by atoms with Gasteiger partial charge in [0.15, 0.2) is 5.96 Å². The molecule has 1 saturated heterocycles. The Morgan fingerprint density at radius 3 is 2.52 bits per heavy atom. The molecule has 0 spiro atoms. The predicted molar refractivity (Wildman–Crippen MR) is 133 cm³/mol. The standard InChI is InChI=1S/C21H31N5OS.HI/c1-4-22-21(23-11-5-6-20-24-17(2)16-28-20)26-14-12-25(13-15-26)18-7-9-19(27-3)10-8-18;/h7-10,16H,4-6,11-15H2,1-3H3,(H,22,23);1H. The number of guanidine groups is 1. The fraction of sp³-hybridized carbons (Fsp3) is 0.524. The van der Waals surface area contributed by atoms with Gasteiger partial charge >= 0.3 is 0 Å². The Bertz CT molecular complexity index is 757. The lowest BCUT2D eigenvalue weighted by Crippen LogP contribution is -2.52. The van der Waals surface area contributed by atoms with Crippen LogP contribution in [0.4, 0.5) is 5.69 Å². The Kier molecular flexibility index (Phi) is 9.99. The van der Waals surface area contributed by atoms with E-state index in [1.165, 1.54) is 10.7 Å². The van der Waals surface area contributed by atoms with Gasteiger partial charge in [-0.3, -0.25) is 4.99 Å². The molecule has 1 fully saturated rings. The lowest BCUT2D eigenvalue weighted by molar-refractivity contribution is 0.372. The van der Waals surface area contributed by atoms with Crippen LogP contribution >= 0.6 is 35.3 Å². The lowest BCUT2D eigenvalue weighted by Gasteiger charge is -2.37. The van der Waals surface area contributed by atoms with Crippen molar-refractivity contribution >= 4 is 47.0 Å². The van der Waals surface area contributed by atoms with E-state index in [0.717, 1.165) is 69.5 Å². The highest BCUT2D eigenvalue weighted by atomic mass is 127. The number of benzene rings is 1. The molecule has 3 rings (SSSR count). The Hall–Kier alpha value is -1.55.